The molecule has 1 aromatic carbocycles. The highest BCUT2D eigenvalue weighted by Crippen LogP contribution is 2.33. The van der Waals surface area contributed by atoms with Gasteiger partial charge >= 0.3 is 0 Å². The van der Waals surface area contributed by atoms with Crippen LogP contribution in [0.2, 0.25) is 0 Å². The van der Waals surface area contributed by atoms with E-state index >= 15 is 0 Å². The van der Waals surface area contributed by atoms with Gasteiger partial charge in [0.2, 0.25) is 0 Å². The Balaban J connectivity index is 0.00000192. The van der Waals surface area contributed by atoms with Crippen molar-refractivity contribution < 1.29 is 4.74 Å². The van der Waals surface area contributed by atoms with E-state index in [-0.39, 0.29) is 12.4 Å². The minimum Gasteiger partial charge on any atom is -0.383 e. The quantitative estimate of drug-likeness (QED) is 0.859. The number of rotatable bonds is 1. The molecule has 0 bridgehead atoms. The van der Waals surface area contributed by atoms with Crippen molar-refractivity contribution in [2.24, 2.45) is 10.8 Å². The second-order valence-electron chi connectivity index (χ2n) is 5.61. The van der Waals surface area contributed by atoms with E-state index < -0.39 is 0 Å². The molecule has 2 N–H and O–H groups in total. The highest BCUT2D eigenvalue weighted by Gasteiger charge is 2.29. The lowest BCUT2D eigenvalue weighted by molar-refractivity contribution is 0.199. The standard InChI is InChI=1S/C17H18N4O.ClH/c1-10-6-11(2)16(12(3)7-10)21-17(19)14(8-18)13-4-5-22-9-15(13)20-21;/h4,6-7H,5,9,19H2,1-3H3;1H. The van der Waals surface area contributed by atoms with Crippen molar-refractivity contribution in [2.45, 2.75) is 20.8 Å². The van der Waals surface area contributed by atoms with Crippen molar-refractivity contribution in [1.82, 2.24) is 0 Å². The molecule has 0 fully saturated rings. The van der Waals surface area contributed by atoms with E-state index in [0.29, 0.717) is 24.6 Å². The molecule has 120 valence electrons. The molecule has 23 heavy (non-hydrogen) atoms. The summed E-state index contributed by atoms with van der Waals surface area (Å²) in [5.74, 6) is 0.370. The predicted molar refractivity (Wildman–Crippen MR) is 93.5 cm³/mol. The molecule has 0 unspecified atom stereocenters. The Bertz CT molecular complexity index is 763. The maximum absolute atomic E-state index is 9.50. The predicted octanol–water partition coefficient (Wildman–Crippen LogP) is 2.86. The average Bonchev–Trinajstić information content (AvgIpc) is 2.47. The van der Waals surface area contributed by atoms with E-state index in [1.807, 2.05) is 19.9 Å². The molecule has 2 heterocycles. The number of hydrazone groups is 1. The molecule has 5 nitrogen and oxygen atoms in total. The van der Waals surface area contributed by atoms with Crippen LogP contribution in [-0.4, -0.2) is 18.9 Å². The Morgan fingerprint density at radius 1 is 1.26 bits per heavy atom. The van der Waals surface area contributed by atoms with Gasteiger partial charge in [0.05, 0.1) is 24.6 Å². The number of allylic oxidation sites excluding steroid dienone is 1. The first-order valence-electron chi connectivity index (χ1n) is 7.17. The molecule has 6 heteroatoms. The zero-order valence-electron chi connectivity index (χ0n) is 13.4. The summed E-state index contributed by atoms with van der Waals surface area (Å²) >= 11 is 0. The van der Waals surface area contributed by atoms with Gasteiger partial charge < -0.3 is 10.5 Å². The second kappa shape index (κ2) is 6.45. The first-order valence-corrected chi connectivity index (χ1v) is 7.17. The van der Waals surface area contributed by atoms with Gasteiger partial charge in [-0.1, -0.05) is 17.7 Å². The fourth-order valence-corrected chi connectivity index (χ4v) is 3.04. The van der Waals surface area contributed by atoms with Crippen LogP contribution in [0.5, 0.6) is 0 Å². The molecule has 0 spiro atoms. The Hall–Kier alpha value is -2.29. The van der Waals surface area contributed by atoms with Gasteiger partial charge in [-0.25, -0.2) is 5.01 Å². The number of nitrogens with zero attached hydrogens (tertiary/aromatic N) is 3. The topological polar surface area (TPSA) is 74.6 Å². The molecule has 0 saturated carbocycles. The third kappa shape index (κ3) is 2.83. The third-order valence-electron chi connectivity index (χ3n) is 3.89. The number of benzene rings is 1. The lowest BCUT2D eigenvalue weighted by Gasteiger charge is -2.31. The van der Waals surface area contributed by atoms with Crippen molar-refractivity contribution in [1.29, 1.82) is 5.26 Å². The van der Waals surface area contributed by atoms with Crippen molar-refractivity contribution >= 4 is 23.8 Å². The van der Waals surface area contributed by atoms with Gasteiger partial charge in [0.15, 0.2) is 0 Å². The van der Waals surface area contributed by atoms with Gasteiger partial charge in [-0.3, -0.25) is 0 Å². The number of aryl methyl sites for hydroxylation is 3. The molecule has 3 rings (SSSR count). The minimum atomic E-state index is 0. The molecule has 2 aliphatic heterocycles. The van der Waals surface area contributed by atoms with Crippen LogP contribution in [0, 0.1) is 32.1 Å². The van der Waals surface area contributed by atoms with Crippen LogP contribution in [0.15, 0.2) is 40.3 Å². The smallest absolute Gasteiger partial charge is 0.144 e. The fraction of sp³-hybridized carbons (Fsp3) is 0.294. The lowest BCUT2D eigenvalue weighted by atomic mass is 9.98. The molecule has 0 atom stereocenters. The molecule has 1 aromatic rings. The lowest BCUT2D eigenvalue weighted by Crippen LogP contribution is -2.35. The van der Waals surface area contributed by atoms with Gasteiger partial charge in [-0.2, -0.15) is 10.4 Å². The Kier molecular flexibility index (Phi) is 4.79. The SMILES string of the molecule is Cc1cc(C)c(N2N=C3COCC=C3C(C#N)=C2N)c(C)c1.Cl. The maximum Gasteiger partial charge on any atom is 0.144 e. The summed E-state index contributed by atoms with van der Waals surface area (Å²) in [7, 11) is 0. The van der Waals surface area contributed by atoms with E-state index in [1.165, 1.54) is 5.56 Å². The number of nitriles is 1. The number of hydrogen-bond donors (Lipinski definition) is 1. The Morgan fingerprint density at radius 3 is 2.52 bits per heavy atom. The van der Waals surface area contributed by atoms with Crippen molar-refractivity contribution in [3.8, 4) is 6.07 Å². The van der Waals surface area contributed by atoms with Gasteiger partial charge in [-0.15, -0.1) is 12.4 Å². The van der Waals surface area contributed by atoms with Gasteiger partial charge in [0, 0.05) is 5.57 Å². The normalized spacial score (nSPS) is 16.9. The number of nitrogens with two attached hydrogens (primary N) is 1. The van der Waals surface area contributed by atoms with E-state index in [4.69, 9.17) is 10.5 Å². The van der Waals surface area contributed by atoms with E-state index in [0.717, 1.165) is 28.1 Å². The van der Waals surface area contributed by atoms with E-state index in [1.54, 1.807) is 5.01 Å². The number of fused-ring (bicyclic) bond motifs is 1. The highest BCUT2D eigenvalue weighted by atomic mass is 35.5. The van der Waals surface area contributed by atoms with Crippen LogP contribution in [-0.2, 0) is 4.74 Å². The van der Waals surface area contributed by atoms with Crippen molar-refractivity contribution in [2.75, 3.05) is 18.2 Å². The average molecular weight is 331 g/mol. The third-order valence-corrected chi connectivity index (χ3v) is 3.89. The molecule has 0 aliphatic carbocycles. The number of anilines is 1. The monoisotopic (exact) mass is 330 g/mol. The molecular weight excluding hydrogens is 312 g/mol. The summed E-state index contributed by atoms with van der Waals surface area (Å²) in [5, 5.41) is 15.8. The van der Waals surface area contributed by atoms with Crippen LogP contribution < -0.4 is 10.7 Å². The zero-order chi connectivity index (χ0) is 15.9. The number of ether oxygens (including phenoxy) is 1. The first-order chi connectivity index (χ1) is 10.5. The zero-order valence-corrected chi connectivity index (χ0v) is 14.2. The van der Waals surface area contributed by atoms with Gasteiger partial charge in [-0.05, 0) is 38.0 Å². The number of hydrogen-bond acceptors (Lipinski definition) is 5. The van der Waals surface area contributed by atoms with Crippen LogP contribution in [0.1, 0.15) is 16.7 Å². The van der Waals surface area contributed by atoms with Gasteiger partial charge in [0.25, 0.3) is 0 Å². The van der Waals surface area contributed by atoms with Gasteiger partial charge in [0.1, 0.15) is 17.5 Å². The minimum absolute atomic E-state index is 0. The first kappa shape index (κ1) is 17.1. The van der Waals surface area contributed by atoms with Crippen molar-refractivity contribution in [3.05, 3.63) is 51.9 Å². The Labute approximate surface area is 142 Å². The molecule has 0 radical (unpaired) electrons. The summed E-state index contributed by atoms with van der Waals surface area (Å²) in [6.45, 7) is 6.98. The molecule has 0 amide bonds. The highest BCUT2D eigenvalue weighted by molar-refractivity contribution is 6.08. The van der Waals surface area contributed by atoms with Crippen LogP contribution in [0.3, 0.4) is 0 Å². The van der Waals surface area contributed by atoms with Crippen molar-refractivity contribution in [3.63, 3.8) is 0 Å². The van der Waals surface area contributed by atoms with Crippen LogP contribution >= 0.6 is 12.4 Å². The number of halogens is 1. The molecule has 2 aliphatic rings. The summed E-state index contributed by atoms with van der Waals surface area (Å²) in [4.78, 5) is 0. The van der Waals surface area contributed by atoms with E-state index in [2.05, 4.69) is 30.2 Å². The Morgan fingerprint density at radius 2 is 1.91 bits per heavy atom. The molecule has 0 aromatic heterocycles. The second-order valence-corrected chi connectivity index (χ2v) is 5.61. The van der Waals surface area contributed by atoms with Crippen LogP contribution in [0.25, 0.3) is 0 Å². The maximum atomic E-state index is 9.50. The summed E-state index contributed by atoms with van der Waals surface area (Å²) in [5.41, 5.74) is 12.5. The summed E-state index contributed by atoms with van der Waals surface area (Å²) in [6.07, 6.45) is 1.86. The molecular formula is C17H19ClN4O. The summed E-state index contributed by atoms with van der Waals surface area (Å²) in [6, 6.07) is 6.39. The van der Waals surface area contributed by atoms with E-state index in [9.17, 15) is 5.26 Å². The molecule has 0 saturated heterocycles. The van der Waals surface area contributed by atoms with Crippen LogP contribution in [0.4, 0.5) is 5.69 Å². The largest absolute Gasteiger partial charge is 0.383 e. The fourth-order valence-electron chi connectivity index (χ4n) is 3.04. The summed E-state index contributed by atoms with van der Waals surface area (Å²) < 4.78 is 5.42.